The van der Waals surface area contributed by atoms with Gasteiger partial charge in [0.25, 0.3) is 5.91 Å². The number of amides is 1. The van der Waals surface area contributed by atoms with Crippen molar-refractivity contribution < 1.29 is 9.90 Å². The molecule has 1 aromatic heterocycles. The molecule has 1 fully saturated rings. The van der Waals surface area contributed by atoms with Crippen molar-refractivity contribution in [1.29, 1.82) is 0 Å². The number of hydrogen-bond donors (Lipinski definition) is 1. The minimum Gasteiger partial charge on any atom is -0.396 e. The standard InChI is InChI=1S/C14H21N3O2/c1-14(2,3)13-15-6-11(7-16-13)12(19)17-5-4-10(8-17)9-18/h6-7,10,18H,4-5,8-9H2,1-3H3. The lowest BCUT2D eigenvalue weighted by Crippen LogP contribution is -2.29. The van der Waals surface area contributed by atoms with Gasteiger partial charge >= 0.3 is 0 Å². The van der Waals surface area contributed by atoms with Gasteiger partial charge in [-0.2, -0.15) is 0 Å². The Morgan fingerprint density at radius 3 is 2.53 bits per heavy atom. The molecule has 5 heteroatoms. The average molecular weight is 263 g/mol. The molecular formula is C14H21N3O2. The van der Waals surface area contributed by atoms with Crippen molar-refractivity contribution in [3.05, 3.63) is 23.8 Å². The number of aromatic nitrogens is 2. The second-order valence-electron chi connectivity index (χ2n) is 6.13. The van der Waals surface area contributed by atoms with E-state index >= 15 is 0 Å². The second-order valence-corrected chi connectivity index (χ2v) is 6.13. The molecule has 1 aromatic rings. The third-order valence-corrected chi connectivity index (χ3v) is 3.40. The Labute approximate surface area is 113 Å². The van der Waals surface area contributed by atoms with E-state index in [1.807, 2.05) is 20.8 Å². The zero-order chi connectivity index (χ0) is 14.0. The third-order valence-electron chi connectivity index (χ3n) is 3.40. The van der Waals surface area contributed by atoms with Gasteiger partial charge in [-0.3, -0.25) is 4.79 Å². The van der Waals surface area contributed by atoms with E-state index in [1.54, 1.807) is 17.3 Å². The van der Waals surface area contributed by atoms with Crippen LogP contribution in [0.3, 0.4) is 0 Å². The van der Waals surface area contributed by atoms with Gasteiger partial charge < -0.3 is 10.0 Å². The highest BCUT2D eigenvalue weighted by molar-refractivity contribution is 5.93. The van der Waals surface area contributed by atoms with Crippen LogP contribution in [0.15, 0.2) is 12.4 Å². The van der Waals surface area contributed by atoms with Crippen LogP contribution in [0, 0.1) is 5.92 Å². The average Bonchev–Trinajstić information content (AvgIpc) is 2.86. The highest BCUT2D eigenvalue weighted by Crippen LogP contribution is 2.20. The highest BCUT2D eigenvalue weighted by atomic mass is 16.3. The molecule has 1 unspecified atom stereocenters. The fourth-order valence-electron chi connectivity index (χ4n) is 2.17. The Balaban J connectivity index is 2.08. The number of likely N-dealkylation sites (tertiary alicyclic amines) is 1. The molecule has 2 heterocycles. The summed E-state index contributed by atoms with van der Waals surface area (Å²) in [5, 5.41) is 9.10. The molecule has 2 rings (SSSR count). The molecule has 1 aliphatic heterocycles. The summed E-state index contributed by atoms with van der Waals surface area (Å²) in [6.45, 7) is 7.58. The Bertz CT molecular complexity index is 451. The van der Waals surface area contributed by atoms with Gasteiger partial charge in [-0.25, -0.2) is 9.97 Å². The van der Waals surface area contributed by atoms with Gasteiger partial charge in [0, 0.05) is 43.4 Å². The van der Waals surface area contributed by atoms with E-state index in [0.717, 1.165) is 12.2 Å². The molecule has 0 aromatic carbocycles. The van der Waals surface area contributed by atoms with E-state index in [1.165, 1.54) is 0 Å². The molecule has 1 saturated heterocycles. The Hall–Kier alpha value is -1.49. The van der Waals surface area contributed by atoms with E-state index < -0.39 is 0 Å². The summed E-state index contributed by atoms with van der Waals surface area (Å²) < 4.78 is 0. The molecule has 0 saturated carbocycles. The van der Waals surface area contributed by atoms with Crippen molar-refractivity contribution in [2.75, 3.05) is 19.7 Å². The fourth-order valence-corrected chi connectivity index (χ4v) is 2.17. The molecule has 1 atom stereocenters. The minimum atomic E-state index is -0.114. The molecule has 0 bridgehead atoms. The maximum Gasteiger partial charge on any atom is 0.257 e. The van der Waals surface area contributed by atoms with Gasteiger partial charge in [0.05, 0.1) is 5.56 Å². The summed E-state index contributed by atoms with van der Waals surface area (Å²) in [6, 6.07) is 0. The predicted molar refractivity (Wildman–Crippen MR) is 71.8 cm³/mol. The van der Waals surface area contributed by atoms with E-state index in [9.17, 15) is 4.79 Å². The Morgan fingerprint density at radius 2 is 2.05 bits per heavy atom. The summed E-state index contributed by atoms with van der Waals surface area (Å²) in [6.07, 6.45) is 4.06. The number of aliphatic hydroxyl groups excluding tert-OH is 1. The monoisotopic (exact) mass is 263 g/mol. The lowest BCUT2D eigenvalue weighted by Gasteiger charge is -2.18. The van der Waals surface area contributed by atoms with Crippen LogP contribution in [0.2, 0.25) is 0 Å². The number of carbonyl (C=O) groups excluding carboxylic acids is 1. The Morgan fingerprint density at radius 1 is 1.42 bits per heavy atom. The number of hydrogen-bond acceptors (Lipinski definition) is 4. The van der Waals surface area contributed by atoms with Gasteiger partial charge in [-0.05, 0) is 6.42 Å². The summed E-state index contributed by atoms with van der Waals surface area (Å²) in [4.78, 5) is 22.5. The zero-order valence-electron chi connectivity index (χ0n) is 11.8. The first-order chi connectivity index (χ1) is 8.91. The van der Waals surface area contributed by atoms with Crippen molar-refractivity contribution in [1.82, 2.24) is 14.9 Å². The first kappa shape index (κ1) is 13.9. The van der Waals surface area contributed by atoms with Gasteiger partial charge in [-0.15, -0.1) is 0 Å². The number of rotatable bonds is 2. The molecule has 5 nitrogen and oxygen atoms in total. The molecular weight excluding hydrogens is 242 g/mol. The Kier molecular flexibility index (Phi) is 3.85. The fraction of sp³-hybridized carbons (Fsp3) is 0.643. The van der Waals surface area contributed by atoms with Crippen LogP contribution in [0.5, 0.6) is 0 Å². The van der Waals surface area contributed by atoms with Crippen LogP contribution in [-0.4, -0.2) is 45.6 Å². The number of nitrogens with zero attached hydrogens (tertiary/aromatic N) is 3. The summed E-state index contributed by atoms with van der Waals surface area (Å²) in [5.74, 6) is 0.897. The molecule has 19 heavy (non-hydrogen) atoms. The van der Waals surface area contributed by atoms with Gasteiger partial charge in [0.15, 0.2) is 0 Å². The van der Waals surface area contributed by atoms with Crippen LogP contribution in [-0.2, 0) is 5.41 Å². The van der Waals surface area contributed by atoms with Crippen LogP contribution in [0.1, 0.15) is 43.4 Å². The maximum atomic E-state index is 12.2. The maximum absolute atomic E-state index is 12.2. The van der Waals surface area contributed by atoms with Crippen LogP contribution in [0.4, 0.5) is 0 Å². The quantitative estimate of drug-likeness (QED) is 0.871. The second kappa shape index (κ2) is 5.25. The van der Waals surface area contributed by atoms with Crippen molar-refractivity contribution >= 4 is 5.91 Å². The van der Waals surface area contributed by atoms with Crippen molar-refractivity contribution in [3.63, 3.8) is 0 Å². The predicted octanol–water partition coefficient (Wildman–Crippen LogP) is 1.23. The first-order valence-corrected chi connectivity index (χ1v) is 6.64. The van der Waals surface area contributed by atoms with E-state index in [-0.39, 0.29) is 23.8 Å². The highest BCUT2D eigenvalue weighted by Gasteiger charge is 2.27. The molecule has 1 amide bonds. The molecule has 0 aliphatic carbocycles. The van der Waals surface area contributed by atoms with Gasteiger partial charge in [0.1, 0.15) is 5.82 Å². The zero-order valence-corrected chi connectivity index (χ0v) is 11.8. The number of carbonyl (C=O) groups is 1. The van der Waals surface area contributed by atoms with Crippen LogP contribution in [0.25, 0.3) is 0 Å². The molecule has 1 N–H and O–H groups in total. The lowest BCUT2D eigenvalue weighted by atomic mass is 9.96. The first-order valence-electron chi connectivity index (χ1n) is 6.64. The normalized spacial score (nSPS) is 19.8. The SMILES string of the molecule is CC(C)(C)c1ncc(C(=O)N2CCC(CO)C2)cn1. The van der Waals surface area contributed by atoms with Crippen molar-refractivity contribution in [3.8, 4) is 0 Å². The van der Waals surface area contributed by atoms with Crippen molar-refractivity contribution in [2.24, 2.45) is 5.92 Å². The lowest BCUT2D eigenvalue weighted by molar-refractivity contribution is 0.0781. The van der Waals surface area contributed by atoms with Crippen molar-refractivity contribution in [2.45, 2.75) is 32.6 Å². The third kappa shape index (κ3) is 3.10. The summed E-state index contributed by atoms with van der Waals surface area (Å²) in [5.41, 5.74) is 0.406. The molecule has 0 spiro atoms. The van der Waals surface area contributed by atoms with Crippen LogP contribution >= 0.6 is 0 Å². The minimum absolute atomic E-state index is 0.0450. The van der Waals surface area contributed by atoms with E-state index in [0.29, 0.717) is 18.7 Å². The molecule has 0 radical (unpaired) electrons. The van der Waals surface area contributed by atoms with Gasteiger partial charge in [-0.1, -0.05) is 20.8 Å². The van der Waals surface area contributed by atoms with E-state index in [4.69, 9.17) is 5.11 Å². The largest absolute Gasteiger partial charge is 0.396 e. The smallest absolute Gasteiger partial charge is 0.257 e. The number of aliphatic hydroxyl groups is 1. The topological polar surface area (TPSA) is 66.3 Å². The van der Waals surface area contributed by atoms with E-state index in [2.05, 4.69) is 9.97 Å². The molecule has 1 aliphatic rings. The summed E-state index contributed by atoms with van der Waals surface area (Å²) in [7, 11) is 0. The summed E-state index contributed by atoms with van der Waals surface area (Å²) >= 11 is 0. The molecule has 104 valence electrons. The van der Waals surface area contributed by atoms with Crippen LogP contribution < -0.4 is 0 Å². The van der Waals surface area contributed by atoms with Gasteiger partial charge in [0.2, 0.25) is 0 Å².